The minimum Gasteiger partial charge on any atom is -0.489 e. The molecule has 3 rings (SSSR count). The van der Waals surface area contributed by atoms with Gasteiger partial charge in [0.15, 0.2) is 0 Å². The highest BCUT2D eigenvalue weighted by molar-refractivity contribution is 6.30. The van der Waals surface area contributed by atoms with Crippen molar-refractivity contribution in [3.05, 3.63) is 53.8 Å². The van der Waals surface area contributed by atoms with Gasteiger partial charge in [-0.2, -0.15) is 0 Å². The van der Waals surface area contributed by atoms with Gasteiger partial charge in [-0.15, -0.1) is 0 Å². The van der Waals surface area contributed by atoms with E-state index in [2.05, 4.69) is 10.3 Å². The number of rotatable bonds is 3. The van der Waals surface area contributed by atoms with Crippen LogP contribution in [-0.2, 0) is 0 Å². The van der Waals surface area contributed by atoms with Gasteiger partial charge in [-0.25, -0.2) is 4.79 Å². The monoisotopic (exact) mass is 331 g/mol. The van der Waals surface area contributed by atoms with Gasteiger partial charge < -0.3 is 15.0 Å². The molecule has 0 bridgehead atoms. The highest BCUT2D eigenvalue weighted by atomic mass is 35.5. The summed E-state index contributed by atoms with van der Waals surface area (Å²) in [5.74, 6) is 0.773. The standard InChI is InChI=1S/C17H18ClN3O2/c18-13-3-1-4-14(11-13)20-17(22)21-9-6-15(7-10-21)23-16-5-2-8-19-12-16/h1-5,8,11-12,15H,6-7,9-10H2,(H,20,22). The number of amides is 2. The predicted molar refractivity (Wildman–Crippen MR) is 89.9 cm³/mol. The van der Waals surface area contributed by atoms with Crippen LogP contribution in [0.4, 0.5) is 10.5 Å². The first-order chi connectivity index (χ1) is 11.2. The van der Waals surface area contributed by atoms with Gasteiger partial charge in [0.2, 0.25) is 0 Å². The first-order valence-electron chi connectivity index (χ1n) is 7.59. The van der Waals surface area contributed by atoms with Crippen molar-refractivity contribution in [3.63, 3.8) is 0 Å². The van der Waals surface area contributed by atoms with E-state index >= 15 is 0 Å². The van der Waals surface area contributed by atoms with Gasteiger partial charge in [0.1, 0.15) is 11.9 Å². The number of carbonyl (C=O) groups is 1. The zero-order chi connectivity index (χ0) is 16.1. The molecule has 1 saturated heterocycles. The Bertz CT molecular complexity index is 658. The van der Waals surface area contributed by atoms with Gasteiger partial charge in [0.05, 0.1) is 6.20 Å². The maximum atomic E-state index is 12.3. The van der Waals surface area contributed by atoms with Crippen molar-refractivity contribution in [3.8, 4) is 5.75 Å². The second kappa shape index (κ2) is 7.33. The van der Waals surface area contributed by atoms with Crippen LogP contribution in [0.3, 0.4) is 0 Å². The number of ether oxygens (including phenoxy) is 1. The van der Waals surface area contributed by atoms with Crippen molar-refractivity contribution in [1.29, 1.82) is 0 Å². The largest absolute Gasteiger partial charge is 0.489 e. The molecule has 2 heterocycles. The molecule has 0 spiro atoms. The summed E-state index contributed by atoms with van der Waals surface area (Å²) in [6.45, 7) is 1.33. The smallest absolute Gasteiger partial charge is 0.321 e. The van der Waals surface area contributed by atoms with Crippen LogP contribution >= 0.6 is 11.6 Å². The molecule has 1 aromatic heterocycles. The molecule has 23 heavy (non-hydrogen) atoms. The van der Waals surface area contributed by atoms with Crippen LogP contribution in [-0.4, -0.2) is 35.1 Å². The summed E-state index contributed by atoms with van der Waals surface area (Å²) in [6.07, 6.45) is 5.15. The maximum absolute atomic E-state index is 12.3. The van der Waals surface area contributed by atoms with Crippen LogP contribution < -0.4 is 10.1 Å². The molecular formula is C17H18ClN3O2. The van der Waals surface area contributed by atoms with Gasteiger partial charge in [-0.05, 0) is 30.3 Å². The number of aromatic nitrogens is 1. The summed E-state index contributed by atoms with van der Waals surface area (Å²) < 4.78 is 5.88. The van der Waals surface area contributed by atoms with E-state index in [1.807, 2.05) is 24.3 Å². The second-order valence-corrected chi connectivity index (χ2v) is 5.87. The van der Waals surface area contributed by atoms with Crippen molar-refractivity contribution >= 4 is 23.3 Å². The zero-order valence-corrected chi connectivity index (χ0v) is 13.4. The number of urea groups is 1. The van der Waals surface area contributed by atoms with Crippen molar-refractivity contribution in [2.45, 2.75) is 18.9 Å². The van der Waals surface area contributed by atoms with E-state index in [-0.39, 0.29) is 12.1 Å². The lowest BCUT2D eigenvalue weighted by atomic mass is 10.1. The van der Waals surface area contributed by atoms with Crippen molar-refractivity contribution in [2.75, 3.05) is 18.4 Å². The predicted octanol–water partition coefficient (Wildman–Crippen LogP) is 3.81. The summed E-state index contributed by atoms with van der Waals surface area (Å²) >= 11 is 5.92. The zero-order valence-electron chi connectivity index (χ0n) is 12.6. The summed E-state index contributed by atoms with van der Waals surface area (Å²) in [5.41, 5.74) is 0.705. The van der Waals surface area contributed by atoms with E-state index in [1.54, 1.807) is 29.4 Å². The molecule has 5 nitrogen and oxygen atoms in total. The lowest BCUT2D eigenvalue weighted by Crippen LogP contribution is -2.43. The first kappa shape index (κ1) is 15.6. The van der Waals surface area contributed by atoms with Crippen molar-refractivity contribution < 1.29 is 9.53 Å². The molecule has 0 saturated carbocycles. The Labute approximate surface area is 140 Å². The third kappa shape index (κ3) is 4.36. The van der Waals surface area contributed by atoms with E-state index in [9.17, 15) is 4.79 Å². The highest BCUT2D eigenvalue weighted by Gasteiger charge is 2.24. The highest BCUT2D eigenvalue weighted by Crippen LogP contribution is 2.20. The summed E-state index contributed by atoms with van der Waals surface area (Å²) in [7, 11) is 0. The third-order valence-corrected chi connectivity index (χ3v) is 3.98. The molecule has 1 fully saturated rings. The molecule has 1 N–H and O–H groups in total. The van der Waals surface area contributed by atoms with E-state index < -0.39 is 0 Å². The molecule has 1 aliphatic rings. The molecule has 2 aromatic rings. The molecule has 1 aliphatic heterocycles. The van der Waals surface area contributed by atoms with E-state index in [4.69, 9.17) is 16.3 Å². The number of anilines is 1. The molecule has 0 unspecified atom stereocenters. The number of hydrogen-bond acceptors (Lipinski definition) is 3. The molecule has 0 radical (unpaired) electrons. The number of carbonyl (C=O) groups excluding carboxylic acids is 1. The van der Waals surface area contributed by atoms with Crippen molar-refractivity contribution in [2.24, 2.45) is 0 Å². The Morgan fingerprint density at radius 3 is 2.78 bits per heavy atom. The van der Waals surface area contributed by atoms with E-state index in [0.29, 0.717) is 23.8 Å². The fraction of sp³-hybridized carbons (Fsp3) is 0.294. The normalized spacial score (nSPS) is 15.3. The number of nitrogens with zero attached hydrogens (tertiary/aromatic N) is 2. The van der Waals surface area contributed by atoms with Crippen LogP contribution in [0.1, 0.15) is 12.8 Å². The molecule has 1 aromatic carbocycles. The number of halogens is 1. The molecular weight excluding hydrogens is 314 g/mol. The summed E-state index contributed by atoms with van der Waals surface area (Å²) in [4.78, 5) is 18.1. The maximum Gasteiger partial charge on any atom is 0.321 e. The van der Waals surface area contributed by atoms with E-state index in [1.165, 1.54) is 0 Å². The number of benzene rings is 1. The fourth-order valence-electron chi connectivity index (χ4n) is 2.55. The average molecular weight is 332 g/mol. The molecule has 0 aliphatic carbocycles. The van der Waals surface area contributed by atoms with Crippen molar-refractivity contribution in [1.82, 2.24) is 9.88 Å². The Morgan fingerprint density at radius 2 is 2.09 bits per heavy atom. The summed E-state index contributed by atoms with van der Waals surface area (Å²) in [6, 6.07) is 10.8. The second-order valence-electron chi connectivity index (χ2n) is 5.43. The molecule has 120 valence electrons. The average Bonchev–Trinajstić information content (AvgIpc) is 2.56. The van der Waals surface area contributed by atoms with Gasteiger partial charge >= 0.3 is 6.03 Å². The van der Waals surface area contributed by atoms with Crippen LogP contribution in [0.5, 0.6) is 5.75 Å². The third-order valence-electron chi connectivity index (χ3n) is 3.74. The topological polar surface area (TPSA) is 54.5 Å². The molecule has 2 amide bonds. The summed E-state index contributed by atoms with van der Waals surface area (Å²) in [5, 5.41) is 3.47. The fourth-order valence-corrected chi connectivity index (χ4v) is 2.75. The quantitative estimate of drug-likeness (QED) is 0.930. The van der Waals surface area contributed by atoms with Crippen LogP contribution in [0.25, 0.3) is 0 Å². The van der Waals surface area contributed by atoms with Gasteiger partial charge in [0.25, 0.3) is 0 Å². The molecule has 6 heteroatoms. The van der Waals surface area contributed by atoms with Gasteiger partial charge in [-0.3, -0.25) is 4.98 Å². The van der Waals surface area contributed by atoms with Crippen LogP contribution in [0.2, 0.25) is 5.02 Å². The lowest BCUT2D eigenvalue weighted by Gasteiger charge is -2.32. The Hall–Kier alpha value is -2.27. The number of hydrogen-bond donors (Lipinski definition) is 1. The number of piperidine rings is 1. The van der Waals surface area contributed by atoms with Gasteiger partial charge in [0, 0.05) is 42.8 Å². The Morgan fingerprint density at radius 1 is 1.26 bits per heavy atom. The Balaban J connectivity index is 1.49. The minimum absolute atomic E-state index is 0.105. The Kier molecular flexibility index (Phi) is 4.98. The number of likely N-dealkylation sites (tertiary alicyclic amines) is 1. The van der Waals surface area contributed by atoms with Crippen LogP contribution in [0, 0.1) is 0 Å². The SMILES string of the molecule is O=C(Nc1cccc(Cl)c1)N1CCC(Oc2cccnc2)CC1. The first-order valence-corrected chi connectivity index (χ1v) is 7.97. The van der Waals surface area contributed by atoms with Gasteiger partial charge in [-0.1, -0.05) is 17.7 Å². The number of nitrogens with one attached hydrogen (secondary N) is 1. The number of pyridine rings is 1. The minimum atomic E-state index is -0.105. The van der Waals surface area contributed by atoms with Crippen LogP contribution in [0.15, 0.2) is 48.8 Å². The lowest BCUT2D eigenvalue weighted by molar-refractivity contribution is 0.115. The van der Waals surface area contributed by atoms with E-state index in [0.717, 1.165) is 18.6 Å². The molecule has 0 atom stereocenters.